The zero-order chi connectivity index (χ0) is 11.9. The van der Waals surface area contributed by atoms with Crippen molar-refractivity contribution in [1.82, 2.24) is 10.2 Å². The monoisotopic (exact) mass is 288 g/mol. The molecule has 0 bridgehead atoms. The number of ether oxygens (including phenoxy) is 1. The summed E-state index contributed by atoms with van der Waals surface area (Å²) >= 11 is 4.64. The van der Waals surface area contributed by atoms with E-state index in [1.165, 1.54) is 28.0 Å². The summed E-state index contributed by atoms with van der Waals surface area (Å²) < 4.78 is 6.30. The van der Waals surface area contributed by atoms with Crippen LogP contribution in [0, 0.1) is 0 Å². The van der Waals surface area contributed by atoms with Gasteiger partial charge >= 0.3 is 0 Å². The molecule has 0 aliphatic carbocycles. The van der Waals surface area contributed by atoms with E-state index in [0.29, 0.717) is 19.0 Å². The second-order valence-corrected chi connectivity index (χ2v) is 6.40. The number of aliphatic hydroxyl groups is 1. The molecule has 0 spiro atoms. The molecule has 2 aromatic heterocycles. The van der Waals surface area contributed by atoms with Crippen LogP contribution in [0.25, 0.3) is 0 Å². The highest BCUT2D eigenvalue weighted by atomic mass is 32.2. The van der Waals surface area contributed by atoms with Crippen LogP contribution in [0.5, 0.6) is 0 Å². The maximum atomic E-state index is 9.69. The summed E-state index contributed by atoms with van der Waals surface area (Å²) in [5, 5.41) is 19.3. The van der Waals surface area contributed by atoms with Gasteiger partial charge in [0.25, 0.3) is 0 Å². The standard InChI is InChI=1S/C10H12N2O2S3/c13-8(6-16-10-12-11-7-17-10)4-14-5-9-2-1-3-15-9/h1-3,7-8,13H,4-6H2. The Morgan fingerprint density at radius 3 is 3.12 bits per heavy atom. The van der Waals surface area contributed by atoms with Crippen molar-refractivity contribution in [2.24, 2.45) is 0 Å². The van der Waals surface area contributed by atoms with Gasteiger partial charge in [-0.3, -0.25) is 0 Å². The highest BCUT2D eigenvalue weighted by Gasteiger charge is 2.07. The van der Waals surface area contributed by atoms with Crippen LogP contribution >= 0.6 is 34.4 Å². The summed E-state index contributed by atoms with van der Waals surface area (Å²) in [6, 6.07) is 4.01. The molecule has 92 valence electrons. The fourth-order valence-electron chi connectivity index (χ4n) is 1.13. The minimum Gasteiger partial charge on any atom is -0.390 e. The lowest BCUT2D eigenvalue weighted by molar-refractivity contribution is 0.0409. The molecule has 7 heteroatoms. The maximum Gasteiger partial charge on any atom is 0.174 e. The molecule has 1 unspecified atom stereocenters. The van der Waals surface area contributed by atoms with Crippen molar-refractivity contribution >= 4 is 34.4 Å². The topological polar surface area (TPSA) is 55.2 Å². The molecule has 2 heterocycles. The first-order chi connectivity index (χ1) is 8.34. The molecule has 4 nitrogen and oxygen atoms in total. The molecule has 2 aromatic rings. The normalized spacial score (nSPS) is 12.8. The van der Waals surface area contributed by atoms with Crippen LogP contribution in [0.15, 0.2) is 27.4 Å². The molecule has 0 saturated carbocycles. The molecule has 0 aliphatic heterocycles. The molecule has 0 aromatic carbocycles. The van der Waals surface area contributed by atoms with Gasteiger partial charge in [0.15, 0.2) is 4.34 Å². The largest absolute Gasteiger partial charge is 0.390 e. The quantitative estimate of drug-likeness (QED) is 0.792. The van der Waals surface area contributed by atoms with Gasteiger partial charge < -0.3 is 9.84 Å². The predicted octanol–water partition coefficient (Wildman–Crippen LogP) is 2.27. The fraction of sp³-hybridized carbons (Fsp3) is 0.400. The van der Waals surface area contributed by atoms with Crippen molar-refractivity contribution in [1.29, 1.82) is 0 Å². The molecule has 0 aliphatic rings. The van der Waals surface area contributed by atoms with Crippen molar-refractivity contribution < 1.29 is 9.84 Å². The number of hydrogen-bond donors (Lipinski definition) is 1. The highest BCUT2D eigenvalue weighted by molar-refractivity contribution is 8.01. The summed E-state index contributed by atoms with van der Waals surface area (Å²) in [5.41, 5.74) is 1.68. The van der Waals surface area contributed by atoms with Gasteiger partial charge in [0.05, 0.1) is 19.3 Å². The number of nitrogens with zero attached hydrogens (tertiary/aromatic N) is 2. The van der Waals surface area contributed by atoms with Crippen LogP contribution in [0.3, 0.4) is 0 Å². The predicted molar refractivity (Wildman–Crippen MR) is 70.6 cm³/mol. The van der Waals surface area contributed by atoms with Crippen LogP contribution in [0.1, 0.15) is 4.88 Å². The lowest BCUT2D eigenvalue weighted by atomic mass is 10.4. The smallest absolute Gasteiger partial charge is 0.174 e. The number of thiophene rings is 1. The van der Waals surface area contributed by atoms with E-state index in [-0.39, 0.29) is 0 Å². The Morgan fingerprint density at radius 2 is 2.41 bits per heavy atom. The van der Waals surface area contributed by atoms with E-state index in [1.807, 2.05) is 17.5 Å². The van der Waals surface area contributed by atoms with Crippen molar-refractivity contribution in [2.45, 2.75) is 17.1 Å². The molecule has 0 amide bonds. The Balaban J connectivity index is 1.59. The van der Waals surface area contributed by atoms with Crippen LogP contribution in [0.2, 0.25) is 0 Å². The Morgan fingerprint density at radius 1 is 1.47 bits per heavy atom. The van der Waals surface area contributed by atoms with Crippen LogP contribution < -0.4 is 0 Å². The summed E-state index contributed by atoms with van der Waals surface area (Å²) in [5.74, 6) is 0.583. The lowest BCUT2D eigenvalue weighted by Crippen LogP contribution is -2.17. The van der Waals surface area contributed by atoms with Crippen LogP contribution in [-0.2, 0) is 11.3 Å². The first-order valence-electron chi connectivity index (χ1n) is 5.02. The van der Waals surface area contributed by atoms with Crippen LogP contribution in [0.4, 0.5) is 0 Å². The summed E-state index contributed by atoms with van der Waals surface area (Å²) in [7, 11) is 0. The Bertz CT molecular complexity index is 405. The van der Waals surface area contributed by atoms with Gasteiger partial charge in [-0.05, 0) is 11.4 Å². The third-order valence-electron chi connectivity index (χ3n) is 1.87. The second-order valence-electron chi connectivity index (χ2n) is 3.26. The number of aromatic nitrogens is 2. The SMILES string of the molecule is OC(COCc1cccs1)CSc1nncs1. The summed E-state index contributed by atoms with van der Waals surface area (Å²) in [4.78, 5) is 1.17. The molecule has 1 N–H and O–H groups in total. The average Bonchev–Trinajstić information content (AvgIpc) is 2.99. The van der Waals surface area contributed by atoms with Gasteiger partial charge in [-0.15, -0.1) is 21.5 Å². The van der Waals surface area contributed by atoms with Crippen molar-refractivity contribution in [2.75, 3.05) is 12.4 Å². The number of hydrogen-bond acceptors (Lipinski definition) is 7. The summed E-state index contributed by atoms with van der Waals surface area (Å²) in [6.07, 6.45) is -0.469. The molecule has 0 fully saturated rings. The van der Waals surface area contributed by atoms with Crippen molar-refractivity contribution in [3.05, 3.63) is 27.9 Å². The van der Waals surface area contributed by atoms with Crippen molar-refractivity contribution in [3.63, 3.8) is 0 Å². The lowest BCUT2D eigenvalue weighted by Gasteiger charge is -2.09. The van der Waals surface area contributed by atoms with Crippen molar-refractivity contribution in [3.8, 4) is 0 Å². The zero-order valence-corrected chi connectivity index (χ0v) is 11.4. The molecule has 0 saturated heterocycles. The van der Waals surface area contributed by atoms with E-state index in [4.69, 9.17) is 4.74 Å². The minimum atomic E-state index is -0.469. The minimum absolute atomic E-state index is 0.351. The highest BCUT2D eigenvalue weighted by Crippen LogP contribution is 2.19. The molecular formula is C10H12N2O2S3. The molecule has 17 heavy (non-hydrogen) atoms. The molecular weight excluding hydrogens is 276 g/mol. The van der Waals surface area contributed by atoms with E-state index in [1.54, 1.807) is 16.8 Å². The van der Waals surface area contributed by atoms with E-state index in [0.717, 1.165) is 4.34 Å². The molecule has 2 rings (SSSR count). The van der Waals surface area contributed by atoms with Gasteiger partial charge in [0, 0.05) is 10.6 Å². The van der Waals surface area contributed by atoms with E-state index in [2.05, 4.69) is 10.2 Å². The second kappa shape index (κ2) is 7.07. The number of rotatable bonds is 7. The third-order valence-corrected chi connectivity index (χ3v) is 4.73. The van der Waals surface area contributed by atoms with Crippen LogP contribution in [-0.4, -0.2) is 33.8 Å². The third kappa shape index (κ3) is 4.72. The maximum absolute atomic E-state index is 9.69. The van der Waals surface area contributed by atoms with E-state index >= 15 is 0 Å². The molecule has 1 atom stereocenters. The average molecular weight is 288 g/mol. The van der Waals surface area contributed by atoms with Gasteiger partial charge in [-0.25, -0.2) is 0 Å². The van der Waals surface area contributed by atoms with Gasteiger partial charge in [-0.1, -0.05) is 29.2 Å². The number of thioether (sulfide) groups is 1. The van der Waals surface area contributed by atoms with E-state index in [9.17, 15) is 5.11 Å². The molecule has 0 radical (unpaired) electrons. The van der Waals surface area contributed by atoms with Gasteiger partial charge in [0.1, 0.15) is 5.51 Å². The van der Waals surface area contributed by atoms with Gasteiger partial charge in [-0.2, -0.15) is 0 Å². The first-order valence-corrected chi connectivity index (χ1v) is 7.76. The first kappa shape index (κ1) is 13.0. The Hall–Kier alpha value is -0.470. The number of aliphatic hydroxyl groups excluding tert-OH is 1. The Kier molecular flexibility index (Phi) is 5.40. The Labute approximate surface area is 112 Å². The summed E-state index contributed by atoms with van der Waals surface area (Å²) in [6.45, 7) is 0.919. The zero-order valence-electron chi connectivity index (χ0n) is 8.98. The fourth-order valence-corrected chi connectivity index (χ4v) is 3.19. The van der Waals surface area contributed by atoms with E-state index < -0.39 is 6.10 Å². The van der Waals surface area contributed by atoms with Gasteiger partial charge in [0.2, 0.25) is 0 Å².